The highest BCUT2D eigenvalue weighted by Crippen LogP contribution is 2.25. The van der Waals surface area contributed by atoms with Crippen LogP contribution in [0, 0.1) is 5.82 Å². The number of aliphatic carboxylic acids is 2. The summed E-state index contributed by atoms with van der Waals surface area (Å²) in [6, 6.07) is 7.98. The van der Waals surface area contributed by atoms with Gasteiger partial charge in [0.2, 0.25) is 5.95 Å². The summed E-state index contributed by atoms with van der Waals surface area (Å²) in [5.41, 5.74) is 2.22. The molecule has 0 aromatic carbocycles. The lowest BCUT2D eigenvalue weighted by Crippen LogP contribution is -2.32. The van der Waals surface area contributed by atoms with E-state index in [0.29, 0.717) is 12.5 Å². The third-order valence-electron chi connectivity index (χ3n) is 4.64. The smallest absolute Gasteiger partial charge is 0.475 e. The Morgan fingerprint density at radius 1 is 0.846 bits per heavy atom. The largest absolute Gasteiger partial charge is 0.490 e. The maximum absolute atomic E-state index is 13.1. The Bertz CT molecular complexity index is 1200. The van der Waals surface area contributed by atoms with Gasteiger partial charge in [0.05, 0.1) is 12.4 Å². The molecule has 0 amide bonds. The maximum Gasteiger partial charge on any atom is 0.490 e. The van der Waals surface area contributed by atoms with Crippen molar-refractivity contribution in [3.8, 4) is 0 Å². The SMILES string of the molecule is Fc1cnc(N2CCN(Cc3cccnc3)c3ncccc3C2)nc1.O=C(O)C(F)(F)F.O=C(O)C(F)(F)F. The van der Waals surface area contributed by atoms with Gasteiger partial charge >= 0.3 is 24.3 Å². The molecule has 0 saturated carbocycles. The number of hydrogen-bond donors (Lipinski definition) is 2. The number of carbonyl (C=O) groups is 2. The van der Waals surface area contributed by atoms with Crippen molar-refractivity contribution in [2.24, 2.45) is 0 Å². The average molecular weight is 564 g/mol. The molecule has 1 aliphatic rings. The average Bonchev–Trinajstić information content (AvgIpc) is 3.04. The maximum atomic E-state index is 13.1. The molecule has 10 nitrogen and oxygen atoms in total. The molecule has 210 valence electrons. The molecule has 17 heteroatoms. The van der Waals surface area contributed by atoms with E-state index in [0.717, 1.165) is 36.6 Å². The number of alkyl halides is 6. The molecular weight excluding hydrogens is 545 g/mol. The van der Waals surface area contributed by atoms with E-state index in [1.54, 1.807) is 12.4 Å². The number of nitrogens with zero attached hydrogens (tertiary/aromatic N) is 6. The summed E-state index contributed by atoms with van der Waals surface area (Å²) in [5, 5.41) is 14.2. The van der Waals surface area contributed by atoms with Gasteiger partial charge in [0.25, 0.3) is 0 Å². The molecule has 0 fully saturated rings. The Labute approximate surface area is 215 Å². The molecule has 39 heavy (non-hydrogen) atoms. The van der Waals surface area contributed by atoms with Crippen LogP contribution >= 0.6 is 0 Å². The fourth-order valence-corrected chi connectivity index (χ4v) is 2.98. The Hall–Kier alpha value is -4.57. The van der Waals surface area contributed by atoms with Crippen LogP contribution < -0.4 is 9.80 Å². The van der Waals surface area contributed by atoms with Gasteiger partial charge in [-0.25, -0.2) is 28.9 Å². The van der Waals surface area contributed by atoms with Crippen LogP contribution in [0.2, 0.25) is 0 Å². The third kappa shape index (κ3) is 10.0. The molecule has 2 N–H and O–H groups in total. The minimum absolute atomic E-state index is 0.432. The zero-order chi connectivity index (χ0) is 29.2. The van der Waals surface area contributed by atoms with E-state index in [1.807, 2.05) is 23.2 Å². The first-order valence-electron chi connectivity index (χ1n) is 10.6. The van der Waals surface area contributed by atoms with Crippen molar-refractivity contribution in [2.75, 3.05) is 22.9 Å². The van der Waals surface area contributed by atoms with Crippen molar-refractivity contribution in [2.45, 2.75) is 25.4 Å². The number of hydrogen-bond acceptors (Lipinski definition) is 8. The van der Waals surface area contributed by atoms with Crippen LogP contribution in [-0.2, 0) is 22.7 Å². The summed E-state index contributed by atoms with van der Waals surface area (Å²) in [7, 11) is 0. The van der Waals surface area contributed by atoms with Crippen LogP contribution in [0.5, 0.6) is 0 Å². The molecule has 0 bridgehead atoms. The van der Waals surface area contributed by atoms with Gasteiger partial charge in [0.1, 0.15) is 5.82 Å². The molecule has 0 unspecified atom stereocenters. The molecule has 3 aromatic heterocycles. The Morgan fingerprint density at radius 2 is 1.41 bits per heavy atom. The number of aromatic nitrogens is 4. The number of halogens is 7. The number of fused-ring (bicyclic) bond motifs is 1. The third-order valence-corrected chi connectivity index (χ3v) is 4.64. The van der Waals surface area contributed by atoms with Crippen molar-refractivity contribution in [3.63, 3.8) is 0 Å². The fourth-order valence-electron chi connectivity index (χ4n) is 2.98. The lowest BCUT2D eigenvalue weighted by Gasteiger charge is -2.23. The predicted octanol–water partition coefficient (Wildman–Crippen LogP) is 3.70. The molecule has 4 heterocycles. The molecule has 0 atom stereocenters. The summed E-state index contributed by atoms with van der Waals surface area (Å²) >= 11 is 0. The molecule has 3 aromatic rings. The van der Waals surface area contributed by atoms with Crippen molar-refractivity contribution >= 4 is 23.7 Å². The van der Waals surface area contributed by atoms with Crippen LogP contribution in [0.1, 0.15) is 11.1 Å². The minimum Gasteiger partial charge on any atom is -0.475 e. The van der Waals surface area contributed by atoms with Crippen LogP contribution in [0.3, 0.4) is 0 Å². The van der Waals surface area contributed by atoms with E-state index < -0.39 is 30.1 Å². The van der Waals surface area contributed by atoms with Crippen LogP contribution in [0.25, 0.3) is 0 Å². The van der Waals surface area contributed by atoms with Gasteiger partial charge in [0.15, 0.2) is 5.82 Å². The first-order valence-corrected chi connectivity index (χ1v) is 10.6. The Kier molecular flexibility index (Phi) is 10.4. The topological polar surface area (TPSA) is 133 Å². The second-order valence-corrected chi connectivity index (χ2v) is 7.50. The molecule has 4 rings (SSSR count). The van der Waals surface area contributed by atoms with Gasteiger partial charge in [-0.2, -0.15) is 26.3 Å². The molecule has 1 aliphatic heterocycles. The van der Waals surface area contributed by atoms with Crippen LogP contribution in [0.15, 0.2) is 55.2 Å². The molecule has 0 saturated heterocycles. The van der Waals surface area contributed by atoms with Crippen molar-refractivity contribution in [1.82, 2.24) is 19.9 Å². The lowest BCUT2D eigenvalue weighted by molar-refractivity contribution is -0.193. The molecule has 0 aliphatic carbocycles. The van der Waals surface area contributed by atoms with Gasteiger partial charge in [-0.1, -0.05) is 12.1 Å². The summed E-state index contributed by atoms with van der Waals surface area (Å²) in [6.45, 7) is 2.86. The van der Waals surface area contributed by atoms with Crippen LogP contribution in [0.4, 0.5) is 42.5 Å². The highest BCUT2D eigenvalue weighted by molar-refractivity contribution is 5.73. The van der Waals surface area contributed by atoms with Gasteiger partial charge < -0.3 is 20.0 Å². The van der Waals surface area contributed by atoms with Crippen molar-refractivity contribution in [3.05, 3.63) is 72.2 Å². The summed E-state index contributed by atoms with van der Waals surface area (Å²) in [4.78, 5) is 39.1. The van der Waals surface area contributed by atoms with Gasteiger partial charge in [-0.15, -0.1) is 0 Å². The minimum atomic E-state index is -5.08. The Morgan fingerprint density at radius 3 is 1.92 bits per heavy atom. The first-order chi connectivity index (χ1) is 18.2. The zero-order valence-electron chi connectivity index (χ0n) is 19.6. The quantitative estimate of drug-likeness (QED) is 0.454. The fraction of sp³-hybridized carbons (Fsp3) is 0.273. The highest BCUT2D eigenvalue weighted by Gasteiger charge is 2.38. The van der Waals surface area contributed by atoms with Gasteiger partial charge in [-0.05, 0) is 17.7 Å². The Balaban J connectivity index is 0.000000317. The summed E-state index contributed by atoms with van der Waals surface area (Å²) in [6.07, 6.45) is -2.32. The van der Waals surface area contributed by atoms with E-state index in [2.05, 4.69) is 37.0 Å². The summed E-state index contributed by atoms with van der Waals surface area (Å²) < 4.78 is 76.6. The van der Waals surface area contributed by atoms with E-state index in [-0.39, 0.29) is 0 Å². The van der Waals surface area contributed by atoms with Crippen molar-refractivity contribution < 1.29 is 50.5 Å². The lowest BCUT2D eigenvalue weighted by atomic mass is 10.2. The van der Waals surface area contributed by atoms with Gasteiger partial charge in [-0.3, -0.25) is 4.98 Å². The second-order valence-electron chi connectivity index (χ2n) is 7.50. The standard InChI is InChI=1S/C18H17FN6.2C2HF3O2/c19-16-10-22-18(23-11-16)25-8-7-24(12-14-3-1-5-20-9-14)17-15(13-25)4-2-6-21-17;2*3-2(4,5)1(6)7/h1-6,9-11H,7-8,12-13H2;2*(H,6,7). The number of carboxylic acid groups (broad SMARTS) is 2. The number of anilines is 2. The zero-order valence-corrected chi connectivity index (χ0v) is 19.6. The molecule has 0 radical (unpaired) electrons. The van der Waals surface area contributed by atoms with Crippen LogP contribution in [-0.4, -0.2) is 67.5 Å². The second kappa shape index (κ2) is 13.3. The number of pyridine rings is 2. The number of carboxylic acids is 2. The van der Waals surface area contributed by atoms with E-state index in [1.165, 1.54) is 12.4 Å². The molecule has 0 spiro atoms. The van der Waals surface area contributed by atoms with E-state index in [4.69, 9.17) is 19.8 Å². The predicted molar refractivity (Wildman–Crippen MR) is 120 cm³/mol. The molecular formula is C22H19F7N6O4. The van der Waals surface area contributed by atoms with Gasteiger partial charge in [0, 0.05) is 50.3 Å². The monoisotopic (exact) mass is 564 g/mol. The van der Waals surface area contributed by atoms with E-state index >= 15 is 0 Å². The summed E-state index contributed by atoms with van der Waals surface area (Å²) in [5.74, 6) is -4.46. The van der Waals surface area contributed by atoms with Crippen molar-refractivity contribution in [1.29, 1.82) is 0 Å². The highest BCUT2D eigenvalue weighted by atomic mass is 19.4. The normalized spacial score (nSPS) is 13.1. The number of rotatable bonds is 3. The van der Waals surface area contributed by atoms with E-state index in [9.17, 15) is 30.7 Å². The first kappa shape index (κ1) is 30.7.